The molecule has 1 aliphatic rings. The SMILES string of the molecule is COC1CCC(NS(=O)(=O)c2ccc(NC(=O)NCc3cccnc3)cc2)CC1C. The van der Waals surface area contributed by atoms with Gasteiger partial charge in [0.05, 0.1) is 11.0 Å². The first-order valence-electron chi connectivity index (χ1n) is 9.96. The Bertz CT molecular complexity index is 935. The van der Waals surface area contributed by atoms with Crippen molar-refractivity contribution in [1.29, 1.82) is 0 Å². The van der Waals surface area contributed by atoms with E-state index >= 15 is 0 Å². The maximum Gasteiger partial charge on any atom is 0.319 e. The second-order valence-electron chi connectivity index (χ2n) is 7.58. The van der Waals surface area contributed by atoms with Crippen molar-refractivity contribution in [2.75, 3.05) is 12.4 Å². The number of ether oxygens (including phenoxy) is 1. The minimum atomic E-state index is -3.63. The number of benzene rings is 1. The first-order valence-corrected chi connectivity index (χ1v) is 11.4. The highest BCUT2D eigenvalue weighted by molar-refractivity contribution is 7.89. The maximum absolute atomic E-state index is 12.7. The zero-order valence-corrected chi connectivity index (χ0v) is 18.0. The summed E-state index contributed by atoms with van der Waals surface area (Å²) in [5, 5.41) is 5.42. The highest BCUT2D eigenvalue weighted by Gasteiger charge is 2.30. The van der Waals surface area contributed by atoms with Gasteiger partial charge in [-0.05, 0) is 61.1 Å². The van der Waals surface area contributed by atoms with E-state index in [9.17, 15) is 13.2 Å². The van der Waals surface area contributed by atoms with Gasteiger partial charge in [-0.1, -0.05) is 13.0 Å². The van der Waals surface area contributed by atoms with Crippen LogP contribution < -0.4 is 15.4 Å². The average molecular weight is 433 g/mol. The van der Waals surface area contributed by atoms with Crippen LogP contribution in [0.15, 0.2) is 53.7 Å². The van der Waals surface area contributed by atoms with Gasteiger partial charge in [0.2, 0.25) is 10.0 Å². The molecule has 3 N–H and O–H groups in total. The highest BCUT2D eigenvalue weighted by Crippen LogP contribution is 2.27. The molecule has 0 radical (unpaired) electrons. The summed E-state index contributed by atoms with van der Waals surface area (Å²) in [5.41, 5.74) is 1.39. The summed E-state index contributed by atoms with van der Waals surface area (Å²) in [6.07, 6.45) is 5.85. The van der Waals surface area contributed by atoms with Crippen LogP contribution in [-0.4, -0.2) is 38.7 Å². The topological polar surface area (TPSA) is 109 Å². The second-order valence-corrected chi connectivity index (χ2v) is 9.29. The highest BCUT2D eigenvalue weighted by atomic mass is 32.2. The minimum absolute atomic E-state index is 0.104. The zero-order valence-electron chi connectivity index (χ0n) is 17.2. The third-order valence-electron chi connectivity index (χ3n) is 5.31. The summed E-state index contributed by atoms with van der Waals surface area (Å²) in [6, 6.07) is 9.30. The van der Waals surface area contributed by atoms with Crippen molar-refractivity contribution < 1.29 is 17.9 Å². The molecule has 3 rings (SSSR count). The van der Waals surface area contributed by atoms with Crippen LogP contribution in [0.25, 0.3) is 0 Å². The molecule has 1 aromatic carbocycles. The van der Waals surface area contributed by atoms with Crippen molar-refractivity contribution in [3.63, 3.8) is 0 Å². The van der Waals surface area contributed by atoms with Gasteiger partial charge in [-0.2, -0.15) is 0 Å². The van der Waals surface area contributed by atoms with E-state index in [1.165, 1.54) is 12.1 Å². The van der Waals surface area contributed by atoms with Gasteiger partial charge in [-0.3, -0.25) is 4.98 Å². The van der Waals surface area contributed by atoms with Crippen molar-refractivity contribution in [1.82, 2.24) is 15.0 Å². The number of carbonyl (C=O) groups is 1. The fourth-order valence-corrected chi connectivity index (χ4v) is 4.97. The fourth-order valence-electron chi connectivity index (χ4n) is 3.69. The van der Waals surface area contributed by atoms with Crippen molar-refractivity contribution in [3.05, 3.63) is 54.4 Å². The molecule has 0 spiro atoms. The van der Waals surface area contributed by atoms with Crippen molar-refractivity contribution in [2.45, 2.75) is 49.8 Å². The first kappa shape index (κ1) is 22.2. The largest absolute Gasteiger partial charge is 0.381 e. The smallest absolute Gasteiger partial charge is 0.319 e. The van der Waals surface area contributed by atoms with E-state index in [4.69, 9.17) is 4.74 Å². The van der Waals surface area contributed by atoms with Crippen LogP contribution in [0.5, 0.6) is 0 Å². The molecule has 3 atom stereocenters. The Kier molecular flexibility index (Phi) is 7.41. The van der Waals surface area contributed by atoms with Gasteiger partial charge < -0.3 is 15.4 Å². The van der Waals surface area contributed by atoms with E-state index in [0.29, 0.717) is 18.2 Å². The molecule has 0 aliphatic heterocycles. The van der Waals surface area contributed by atoms with E-state index in [2.05, 4.69) is 27.3 Å². The van der Waals surface area contributed by atoms with Gasteiger partial charge in [0.1, 0.15) is 0 Å². The van der Waals surface area contributed by atoms with Crippen LogP contribution in [0.1, 0.15) is 31.7 Å². The normalized spacial score (nSPS) is 21.7. The van der Waals surface area contributed by atoms with Crippen LogP contribution in [0.3, 0.4) is 0 Å². The lowest BCUT2D eigenvalue weighted by Crippen LogP contribution is -2.42. The van der Waals surface area contributed by atoms with Gasteiger partial charge >= 0.3 is 6.03 Å². The standard InChI is InChI=1S/C21H28N4O4S/c1-15-12-18(7-10-20(15)29-2)25-30(27,28)19-8-5-17(6-9-19)24-21(26)23-14-16-4-3-11-22-13-16/h3-6,8-9,11,13,15,18,20,25H,7,10,12,14H2,1-2H3,(H2,23,24,26). The van der Waals surface area contributed by atoms with E-state index in [1.807, 2.05) is 6.07 Å². The quantitative estimate of drug-likeness (QED) is 0.623. The Morgan fingerprint density at radius 2 is 1.97 bits per heavy atom. The predicted octanol–water partition coefficient (Wildman–Crippen LogP) is 2.89. The predicted molar refractivity (Wildman–Crippen MR) is 114 cm³/mol. The summed E-state index contributed by atoms with van der Waals surface area (Å²) in [4.78, 5) is 16.2. The number of sulfonamides is 1. The number of hydrogen-bond acceptors (Lipinski definition) is 5. The molecule has 3 unspecified atom stereocenters. The van der Waals surface area contributed by atoms with Crippen molar-refractivity contribution >= 4 is 21.7 Å². The molecule has 162 valence electrons. The Labute approximate surface area is 177 Å². The monoisotopic (exact) mass is 432 g/mol. The number of nitrogens with zero attached hydrogens (tertiary/aromatic N) is 1. The number of nitrogens with one attached hydrogen (secondary N) is 3. The number of aromatic nitrogens is 1. The lowest BCUT2D eigenvalue weighted by atomic mass is 9.85. The lowest BCUT2D eigenvalue weighted by molar-refractivity contribution is 0.0243. The molecular weight excluding hydrogens is 404 g/mol. The molecule has 2 amide bonds. The van der Waals surface area contributed by atoms with Crippen LogP contribution in [0.4, 0.5) is 10.5 Å². The minimum Gasteiger partial charge on any atom is -0.381 e. The number of hydrogen-bond donors (Lipinski definition) is 3. The third-order valence-corrected chi connectivity index (χ3v) is 6.85. The Morgan fingerprint density at radius 1 is 1.20 bits per heavy atom. The van der Waals surface area contributed by atoms with Crippen LogP contribution in [-0.2, 0) is 21.3 Å². The van der Waals surface area contributed by atoms with E-state index in [1.54, 1.807) is 37.7 Å². The number of anilines is 1. The van der Waals surface area contributed by atoms with E-state index in [-0.39, 0.29) is 23.1 Å². The molecule has 30 heavy (non-hydrogen) atoms. The van der Waals surface area contributed by atoms with Gasteiger partial charge in [-0.15, -0.1) is 0 Å². The zero-order chi connectivity index (χ0) is 21.6. The van der Waals surface area contributed by atoms with Crippen LogP contribution in [0, 0.1) is 5.92 Å². The number of rotatable bonds is 7. The van der Waals surface area contributed by atoms with Crippen LogP contribution in [0.2, 0.25) is 0 Å². The fraction of sp³-hybridized carbons (Fsp3) is 0.429. The Hall–Kier alpha value is -2.49. The molecule has 2 aromatic rings. The number of pyridine rings is 1. The summed E-state index contributed by atoms with van der Waals surface area (Å²) < 4.78 is 33.6. The molecule has 1 aliphatic carbocycles. The maximum atomic E-state index is 12.7. The van der Waals surface area contributed by atoms with Crippen LogP contribution >= 0.6 is 0 Å². The summed E-state index contributed by atoms with van der Waals surface area (Å²) in [6.45, 7) is 2.42. The Balaban J connectivity index is 1.53. The molecule has 1 heterocycles. The molecule has 9 heteroatoms. The molecule has 1 aromatic heterocycles. The molecule has 8 nitrogen and oxygen atoms in total. The van der Waals surface area contributed by atoms with Gasteiger partial charge in [0.15, 0.2) is 0 Å². The molecule has 0 bridgehead atoms. The lowest BCUT2D eigenvalue weighted by Gasteiger charge is -2.33. The van der Waals surface area contributed by atoms with Gasteiger partial charge in [0, 0.05) is 37.8 Å². The van der Waals surface area contributed by atoms with Gasteiger partial charge in [0.25, 0.3) is 0 Å². The Morgan fingerprint density at radius 3 is 2.60 bits per heavy atom. The number of urea groups is 1. The number of carbonyl (C=O) groups excluding carboxylic acids is 1. The first-order chi connectivity index (χ1) is 14.4. The summed E-state index contributed by atoms with van der Waals surface area (Å²) in [7, 11) is -1.93. The molecule has 1 fully saturated rings. The van der Waals surface area contributed by atoms with E-state index < -0.39 is 10.0 Å². The third kappa shape index (κ3) is 6.01. The van der Waals surface area contributed by atoms with Crippen molar-refractivity contribution in [2.24, 2.45) is 5.92 Å². The average Bonchev–Trinajstić information content (AvgIpc) is 2.73. The molecule has 0 saturated heterocycles. The second kappa shape index (κ2) is 10.0. The van der Waals surface area contributed by atoms with Crippen molar-refractivity contribution in [3.8, 4) is 0 Å². The number of methoxy groups -OCH3 is 1. The number of amides is 2. The molecular formula is C21H28N4O4S. The molecule has 1 saturated carbocycles. The summed E-state index contributed by atoms with van der Waals surface area (Å²) in [5.74, 6) is 0.299. The summed E-state index contributed by atoms with van der Waals surface area (Å²) >= 11 is 0. The van der Waals surface area contributed by atoms with Gasteiger partial charge in [-0.25, -0.2) is 17.9 Å². The van der Waals surface area contributed by atoms with E-state index in [0.717, 1.165) is 24.8 Å².